The first-order valence-electron chi connectivity index (χ1n) is 8.31. The molecule has 0 aromatic heterocycles. The topological polar surface area (TPSA) is 84.9 Å². The molecule has 2 aromatic rings. The highest BCUT2D eigenvalue weighted by Crippen LogP contribution is 2.28. The summed E-state index contributed by atoms with van der Waals surface area (Å²) in [5.74, 6) is -1.00. The fraction of sp³-hybridized carbons (Fsp3) is 0.300. The Labute approximate surface area is 156 Å². The summed E-state index contributed by atoms with van der Waals surface area (Å²) in [7, 11) is 3.06. The van der Waals surface area contributed by atoms with E-state index in [-0.39, 0.29) is 12.0 Å². The Hall–Kier alpha value is -3.09. The van der Waals surface area contributed by atoms with Crippen LogP contribution in [0, 0.1) is 5.82 Å². The van der Waals surface area contributed by atoms with E-state index in [1.165, 1.54) is 33.3 Å². The van der Waals surface area contributed by atoms with Crippen molar-refractivity contribution in [2.75, 3.05) is 14.2 Å². The molecule has 0 fully saturated rings. The van der Waals surface area contributed by atoms with Crippen molar-refractivity contribution < 1.29 is 28.6 Å². The van der Waals surface area contributed by atoms with Crippen LogP contribution in [0.3, 0.4) is 0 Å². The number of amides is 1. The summed E-state index contributed by atoms with van der Waals surface area (Å²) in [5, 5.41) is 12.1. The van der Waals surface area contributed by atoms with E-state index in [0.717, 1.165) is 17.7 Å². The molecular weight excluding hydrogens is 353 g/mol. The van der Waals surface area contributed by atoms with Crippen LogP contribution in [0.1, 0.15) is 24.5 Å². The van der Waals surface area contributed by atoms with Crippen LogP contribution < -0.4 is 14.8 Å². The lowest BCUT2D eigenvalue weighted by Gasteiger charge is -2.27. The number of methoxy groups -OCH3 is 2. The van der Waals surface area contributed by atoms with Crippen molar-refractivity contribution in [1.82, 2.24) is 5.32 Å². The molecule has 0 spiro atoms. The lowest BCUT2D eigenvalue weighted by atomic mass is 9.91. The number of hydrogen-bond donors (Lipinski definition) is 2. The third kappa shape index (κ3) is 4.75. The van der Waals surface area contributed by atoms with E-state index >= 15 is 0 Å². The number of carboxylic acids is 1. The molecule has 0 aliphatic heterocycles. The molecule has 27 heavy (non-hydrogen) atoms. The Kier molecular flexibility index (Phi) is 6.39. The molecule has 0 saturated carbocycles. The Balaban J connectivity index is 2.08. The van der Waals surface area contributed by atoms with Gasteiger partial charge in [0, 0.05) is 6.42 Å². The highest BCUT2D eigenvalue weighted by atomic mass is 19.1. The maximum Gasteiger partial charge on any atom is 0.333 e. The average Bonchev–Trinajstić information content (AvgIpc) is 2.66. The van der Waals surface area contributed by atoms with Crippen LogP contribution in [0.2, 0.25) is 0 Å². The van der Waals surface area contributed by atoms with E-state index in [1.54, 1.807) is 12.1 Å². The molecular formula is C20H22FNO5. The molecule has 0 aliphatic carbocycles. The normalized spacial score (nSPS) is 12.7. The van der Waals surface area contributed by atoms with E-state index in [0.29, 0.717) is 17.9 Å². The first-order valence-corrected chi connectivity index (χ1v) is 8.31. The van der Waals surface area contributed by atoms with Crippen molar-refractivity contribution in [2.24, 2.45) is 0 Å². The first kappa shape index (κ1) is 20.2. The molecule has 0 heterocycles. The van der Waals surface area contributed by atoms with E-state index < -0.39 is 23.2 Å². The van der Waals surface area contributed by atoms with Gasteiger partial charge in [0.2, 0.25) is 5.91 Å². The summed E-state index contributed by atoms with van der Waals surface area (Å²) < 4.78 is 23.5. The molecule has 1 unspecified atom stereocenters. The second kappa shape index (κ2) is 8.53. The van der Waals surface area contributed by atoms with Gasteiger partial charge in [-0.3, -0.25) is 4.79 Å². The molecule has 0 radical (unpaired) electrons. The largest absolute Gasteiger partial charge is 0.493 e. The van der Waals surface area contributed by atoms with Crippen molar-refractivity contribution in [1.29, 1.82) is 0 Å². The Bertz CT molecular complexity index is 822. The summed E-state index contributed by atoms with van der Waals surface area (Å²) in [5.41, 5.74) is -0.514. The average molecular weight is 375 g/mol. The molecule has 144 valence electrons. The highest BCUT2D eigenvalue weighted by molar-refractivity contribution is 5.87. The number of aryl methyl sites for hydroxylation is 1. The van der Waals surface area contributed by atoms with Gasteiger partial charge in [0.15, 0.2) is 17.0 Å². The van der Waals surface area contributed by atoms with Gasteiger partial charge in [-0.1, -0.05) is 18.2 Å². The molecule has 1 atom stereocenters. The number of carbonyl (C=O) groups excluding carboxylic acids is 1. The van der Waals surface area contributed by atoms with Gasteiger partial charge in [0.25, 0.3) is 0 Å². The van der Waals surface area contributed by atoms with Gasteiger partial charge in [-0.15, -0.1) is 0 Å². The maximum atomic E-state index is 13.1. The van der Waals surface area contributed by atoms with Crippen LogP contribution in [0.5, 0.6) is 11.5 Å². The lowest BCUT2D eigenvalue weighted by Crippen LogP contribution is -2.49. The van der Waals surface area contributed by atoms with Crippen LogP contribution in [-0.2, 0) is 21.5 Å². The van der Waals surface area contributed by atoms with Crippen molar-refractivity contribution in [2.45, 2.75) is 25.3 Å². The second-order valence-electron chi connectivity index (χ2n) is 6.17. The number of carboxylic acid groups (broad SMARTS) is 1. The van der Waals surface area contributed by atoms with Gasteiger partial charge in [0.1, 0.15) is 5.82 Å². The Morgan fingerprint density at radius 2 is 1.70 bits per heavy atom. The molecule has 2 N–H and O–H groups in total. The van der Waals surface area contributed by atoms with Crippen molar-refractivity contribution in [3.05, 3.63) is 59.4 Å². The van der Waals surface area contributed by atoms with E-state index in [9.17, 15) is 19.1 Å². The predicted molar refractivity (Wildman–Crippen MR) is 97.4 cm³/mol. The van der Waals surface area contributed by atoms with Crippen molar-refractivity contribution >= 4 is 11.9 Å². The standard InChI is InChI=1S/C20H22FNO5/c1-20(19(24)25,14-6-8-15(21)9-7-14)22-18(23)11-5-13-4-10-16(26-2)17(12-13)27-3/h4,6-10,12H,5,11H2,1-3H3,(H,22,23)(H,24,25). The van der Waals surface area contributed by atoms with Gasteiger partial charge < -0.3 is 19.9 Å². The minimum absolute atomic E-state index is 0.0829. The zero-order chi connectivity index (χ0) is 20.0. The van der Waals surface area contributed by atoms with Crippen LogP contribution >= 0.6 is 0 Å². The number of rotatable bonds is 8. The third-order valence-electron chi connectivity index (χ3n) is 4.33. The van der Waals surface area contributed by atoms with Gasteiger partial charge in [0.05, 0.1) is 14.2 Å². The zero-order valence-corrected chi connectivity index (χ0v) is 15.4. The minimum Gasteiger partial charge on any atom is -0.493 e. The molecule has 0 aliphatic rings. The van der Waals surface area contributed by atoms with E-state index in [1.807, 2.05) is 6.07 Å². The summed E-state index contributed by atoms with van der Waals surface area (Å²) in [6.07, 6.45) is 0.477. The molecule has 0 saturated heterocycles. The van der Waals surface area contributed by atoms with E-state index in [2.05, 4.69) is 5.32 Å². The fourth-order valence-electron chi connectivity index (χ4n) is 2.67. The van der Waals surface area contributed by atoms with Gasteiger partial charge >= 0.3 is 5.97 Å². The molecule has 2 rings (SSSR count). The van der Waals surface area contributed by atoms with Gasteiger partial charge in [-0.2, -0.15) is 0 Å². The monoisotopic (exact) mass is 375 g/mol. The number of carbonyl (C=O) groups is 2. The quantitative estimate of drug-likeness (QED) is 0.741. The summed E-state index contributed by atoms with van der Waals surface area (Å²) >= 11 is 0. The number of aliphatic carboxylic acids is 1. The Morgan fingerprint density at radius 1 is 1.07 bits per heavy atom. The van der Waals surface area contributed by atoms with Crippen molar-refractivity contribution in [3.63, 3.8) is 0 Å². The lowest BCUT2D eigenvalue weighted by molar-refractivity contribution is -0.147. The molecule has 0 bridgehead atoms. The van der Waals surface area contributed by atoms with Crippen molar-refractivity contribution in [3.8, 4) is 11.5 Å². The van der Waals surface area contributed by atoms with Gasteiger partial charge in [-0.05, 0) is 48.7 Å². The minimum atomic E-state index is -1.65. The molecule has 1 amide bonds. The van der Waals surface area contributed by atoms with Gasteiger partial charge in [-0.25, -0.2) is 9.18 Å². The summed E-state index contributed by atoms with van der Waals surface area (Å²) in [6.45, 7) is 1.37. The SMILES string of the molecule is COc1ccc(CCC(=O)NC(C)(C(=O)O)c2ccc(F)cc2)cc1OC. The number of halogens is 1. The van der Waals surface area contributed by atoms with Crippen LogP contribution in [0.4, 0.5) is 4.39 Å². The molecule has 7 heteroatoms. The highest BCUT2D eigenvalue weighted by Gasteiger charge is 2.36. The number of benzene rings is 2. The third-order valence-corrected chi connectivity index (χ3v) is 4.33. The number of ether oxygens (including phenoxy) is 2. The molecule has 6 nitrogen and oxygen atoms in total. The first-order chi connectivity index (χ1) is 12.8. The van der Waals surface area contributed by atoms with Crippen LogP contribution in [0.15, 0.2) is 42.5 Å². The summed E-state index contributed by atoms with van der Waals surface area (Å²) in [6, 6.07) is 10.3. The molecule has 2 aromatic carbocycles. The fourth-order valence-corrected chi connectivity index (χ4v) is 2.67. The van der Waals surface area contributed by atoms with E-state index in [4.69, 9.17) is 9.47 Å². The maximum absolute atomic E-state index is 13.1. The second-order valence-corrected chi connectivity index (χ2v) is 6.17. The van der Waals surface area contributed by atoms with Crippen LogP contribution in [0.25, 0.3) is 0 Å². The summed E-state index contributed by atoms with van der Waals surface area (Å²) in [4.78, 5) is 24.1. The number of nitrogens with one attached hydrogen (secondary N) is 1. The van der Waals surface area contributed by atoms with Crippen LogP contribution in [-0.4, -0.2) is 31.2 Å². The predicted octanol–water partition coefficient (Wildman–Crippen LogP) is 2.89. The number of hydrogen-bond acceptors (Lipinski definition) is 4. The Morgan fingerprint density at radius 3 is 2.26 bits per heavy atom. The smallest absolute Gasteiger partial charge is 0.333 e. The zero-order valence-electron chi connectivity index (χ0n) is 15.4.